The lowest BCUT2D eigenvalue weighted by atomic mass is 10.2. The number of hydrogen-bond acceptors (Lipinski definition) is 4. The minimum Gasteiger partial charge on any atom is -0.452 e. The van der Waals surface area contributed by atoms with Crippen molar-refractivity contribution in [2.45, 2.75) is 11.8 Å². The summed E-state index contributed by atoms with van der Waals surface area (Å²) in [6, 6.07) is 13.8. The number of nitrogens with one attached hydrogen (secondary N) is 1. The summed E-state index contributed by atoms with van der Waals surface area (Å²) in [5, 5.41) is 2.68. The van der Waals surface area contributed by atoms with Crippen LogP contribution in [0.1, 0.15) is 15.9 Å². The number of ether oxygens (including phenoxy) is 1. The Morgan fingerprint density at radius 3 is 2.43 bits per heavy atom. The van der Waals surface area contributed by atoms with Gasteiger partial charge in [0.25, 0.3) is 5.91 Å². The third-order valence-corrected chi connectivity index (χ3v) is 4.15. The van der Waals surface area contributed by atoms with E-state index in [2.05, 4.69) is 5.32 Å². The van der Waals surface area contributed by atoms with E-state index in [1.807, 2.05) is 19.1 Å². The SMILES string of the molecule is Cc1ccccc1NC(=O)COC(=O)c1ccccc1[S@@](C)=O. The maximum atomic E-state index is 12.1. The zero-order valence-corrected chi connectivity index (χ0v) is 13.7. The maximum Gasteiger partial charge on any atom is 0.339 e. The summed E-state index contributed by atoms with van der Waals surface area (Å²) in [5.41, 5.74) is 1.79. The van der Waals surface area contributed by atoms with Gasteiger partial charge in [-0.2, -0.15) is 0 Å². The van der Waals surface area contributed by atoms with E-state index in [0.717, 1.165) is 5.56 Å². The molecule has 2 aromatic rings. The number of anilines is 1. The van der Waals surface area contributed by atoms with Crippen LogP contribution >= 0.6 is 0 Å². The van der Waals surface area contributed by atoms with Crippen LogP contribution in [0.15, 0.2) is 53.4 Å². The van der Waals surface area contributed by atoms with E-state index < -0.39 is 29.3 Å². The molecule has 2 aromatic carbocycles. The van der Waals surface area contributed by atoms with Gasteiger partial charge in [-0.05, 0) is 30.7 Å². The maximum absolute atomic E-state index is 12.1. The van der Waals surface area contributed by atoms with E-state index in [1.165, 1.54) is 12.3 Å². The first-order chi connectivity index (χ1) is 11.0. The molecule has 1 amide bonds. The van der Waals surface area contributed by atoms with Crippen LogP contribution in [0, 0.1) is 6.92 Å². The molecule has 1 atom stereocenters. The molecule has 23 heavy (non-hydrogen) atoms. The fraction of sp³-hybridized carbons (Fsp3) is 0.176. The molecule has 0 saturated carbocycles. The highest BCUT2D eigenvalue weighted by atomic mass is 32.2. The van der Waals surface area contributed by atoms with Gasteiger partial charge < -0.3 is 10.1 Å². The number of hydrogen-bond donors (Lipinski definition) is 1. The van der Waals surface area contributed by atoms with Crippen molar-refractivity contribution in [2.75, 3.05) is 18.2 Å². The Balaban J connectivity index is 1.98. The molecule has 0 fully saturated rings. The predicted octanol–water partition coefficient (Wildman–Crippen LogP) is 2.53. The summed E-state index contributed by atoms with van der Waals surface area (Å²) in [7, 11) is -1.31. The lowest BCUT2D eigenvalue weighted by Gasteiger charge is -2.10. The largest absolute Gasteiger partial charge is 0.452 e. The van der Waals surface area contributed by atoms with Gasteiger partial charge in [-0.1, -0.05) is 30.3 Å². The summed E-state index contributed by atoms with van der Waals surface area (Å²) in [6.07, 6.45) is 1.48. The first-order valence-electron chi connectivity index (χ1n) is 6.94. The van der Waals surface area contributed by atoms with Crippen molar-refractivity contribution in [2.24, 2.45) is 0 Å². The van der Waals surface area contributed by atoms with Crippen molar-refractivity contribution in [3.63, 3.8) is 0 Å². The van der Waals surface area contributed by atoms with Gasteiger partial charge in [0.1, 0.15) is 0 Å². The molecule has 0 aliphatic carbocycles. The summed E-state index contributed by atoms with van der Waals surface area (Å²) in [4.78, 5) is 24.3. The van der Waals surface area contributed by atoms with Crippen molar-refractivity contribution >= 4 is 28.4 Å². The highest BCUT2D eigenvalue weighted by Crippen LogP contribution is 2.15. The first kappa shape index (κ1) is 16.9. The van der Waals surface area contributed by atoms with Gasteiger partial charge in [0.05, 0.1) is 21.3 Å². The Labute approximate surface area is 137 Å². The fourth-order valence-electron chi connectivity index (χ4n) is 1.99. The summed E-state index contributed by atoms with van der Waals surface area (Å²) < 4.78 is 16.6. The number of carbonyl (C=O) groups excluding carboxylic acids is 2. The molecule has 0 aliphatic rings. The average molecular weight is 331 g/mol. The molecule has 0 bridgehead atoms. The molecular formula is C17H17NO4S. The minimum atomic E-state index is -1.31. The highest BCUT2D eigenvalue weighted by Gasteiger charge is 2.16. The molecule has 0 aromatic heterocycles. The second-order valence-electron chi connectivity index (χ2n) is 4.89. The lowest BCUT2D eigenvalue weighted by molar-refractivity contribution is -0.119. The van der Waals surface area contributed by atoms with Crippen LogP contribution in [0.3, 0.4) is 0 Å². The van der Waals surface area contributed by atoms with Crippen LogP contribution in [0.4, 0.5) is 5.69 Å². The van der Waals surface area contributed by atoms with E-state index >= 15 is 0 Å². The second-order valence-corrected chi connectivity index (χ2v) is 6.24. The first-order valence-corrected chi connectivity index (χ1v) is 8.50. The van der Waals surface area contributed by atoms with Gasteiger partial charge in [0.15, 0.2) is 6.61 Å². The van der Waals surface area contributed by atoms with Gasteiger partial charge in [0, 0.05) is 11.9 Å². The molecule has 0 unspecified atom stereocenters. The summed E-state index contributed by atoms with van der Waals surface area (Å²) in [5.74, 6) is -1.10. The molecule has 0 spiro atoms. The number of rotatable bonds is 5. The quantitative estimate of drug-likeness (QED) is 0.855. The molecule has 6 heteroatoms. The third kappa shape index (κ3) is 4.50. The molecule has 5 nitrogen and oxygen atoms in total. The van der Waals surface area contributed by atoms with E-state index in [0.29, 0.717) is 10.6 Å². The standard InChI is InChI=1S/C17H17NO4S/c1-12-7-3-5-9-14(12)18-16(19)11-22-17(20)13-8-4-6-10-15(13)23(2)21/h3-10H,11H2,1-2H3,(H,18,19)/t23-/m1/s1. The molecular weight excluding hydrogens is 314 g/mol. The molecule has 1 N–H and O–H groups in total. The van der Waals surface area contributed by atoms with E-state index in [4.69, 9.17) is 4.74 Å². The topological polar surface area (TPSA) is 72.5 Å². The predicted molar refractivity (Wildman–Crippen MR) is 88.9 cm³/mol. The van der Waals surface area contributed by atoms with Crippen LogP contribution < -0.4 is 5.32 Å². The van der Waals surface area contributed by atoms with Crippen molar-refractivity contribution in [3.8, 4) is 0 Å². The smallest absolute Gasteiger partial charge is 0.339 e. The van der Waals surface area contributed by atoms with Crippen LogP contribution in [0.5, 0.6) is 0 Å². The van der Waals surface area contributed by atoms with Crippen molar-refractivity contribution < 1.29 is 18.5 Å². The normalized spacial score (nSPS) is 11.6. The highest BCUT2D eigenvalue weighted by molar-refractivity contribution is 7.84. The van der Waals surface area contributed by atoms with E-state index in [9.17, 15) is 13.8 Å². The molecule has 120 valence electrons. The zero-order chi connectivity index (χ0) is 16.8. The zero-order valence-electron chi connectivity index (χ0n) is 12.9. The van der Waals surface area contributed by atoms with Gasteiger partial charge >= 0.3 is 5.97 Å². The van der Waals surface area contributed by atoms with Gasteiger partial charge in [-0.3, -0.25) is 9.00 Å². The van der Waals surface area contributed by atoms with Crippen LogP contribution in [-0.2, 0) is 20.3 Å². The van der Waals surface area contributed by atoms with Crippen molar-refractivity contribution in [3.05, 3.63) is 59.7 Å². The lowest BCUT2D eigenvalue weighted by Crippen LogP contribution is -2.21. The molecule has 0 saturated heterocycles. The number of para-hydroxylation sites is 1. The average Bonchev–Trinajstić information content (AvgIpc) is 2.54. The van der Waals surface area contributed by atoms with Crippen molar-refractivity contribution in [1.29, 1.82) is 0 Å². The number of carbonyl (C=O) groups is 2. The third-order valence-electron chi connectivity index (χ3n) is 3.17. The number of esters is 1. The van der Waals surface area contributed by atoms with Crippen LogP contribution in [0.2, 0.25) is 0 Å². The molecule has 0 heterocycles. The van der Waals surface area contributed by atoms with Crippen LogP contribution in [-0.4, -0.2) is 28.9 Å². The monoisotopic (exact) mass is 331 g/mol. The summed E-state index contributed by atoms with van der Waals surface area (Å²) >= 11 is 0. The Kier molecular flexibility index (Phi) is 5.65. The number of aryl methyl sites for hydroxylation is 1. The second kappa shape index (κ2) is 7.69. The molecule has 0 aliphatic heterocycles. The van der Waals surface area contributed by atoms with Crippen LogP contribution in [0.25, 0.3) is 0 Å². The Morgan fingerprint density at radius 1 is 1.09 bits per heavy atom. The van der Waals surface area contributed by atoms with Gasteiger partial charge in [-0.15, -0.1) is 0 Å². The van der Waals surface area contributed by atoms with E-state index in [-0.39, 0.29) is 5.56 Å². The minimum absolute atomic E-state index is 0.206. The Morgan fingerprint density at radius 2 is 1.74 bits per heavy atom. The Hall–Kier alpha value is -2.47. The van der Waals surface area contributed by atoms with Gasteiger partial charge in [0.2, 0.25) is 0 Å². The fourth-order valence-corrected chi connectivity index (χ4v) is 2.73. The number of benzene rings is 2. The Bertz CT molecular complexity index is 758. The van der Waals surface area contributed by atoms with Gasteiger partial charge in [-0.25, -0.2) is 4.79 Å². The van der Waals surface area contributed by atoms with Crippen molar-refractivity contribution in [1.82, 2.24) is 0 Å². The molecule has 2 rings (SSSR count). The summed E-state index contributed by atoms with van der Waals surface area (Å²) in [6.45, 7) is 1.46. The van der Waals surface area contributed by atoms with E-state index in [1.54, 1.807) is 30.3 Å². The molecule has 0 radical (unpaired) electrons. The number of amides is 1.